The van der Waals surface area contributed by atoms with Crippen LogP contribution in [0.2, 0.25) is 0 Å². The molecule has 0 heterocycles. The van der Waals surface area contributed by atoms with Gasteiger partial charge < -0.3 is 10.8 Å². The third-order valence-electron chi connectivity index (χ3n) is 2.51. The molecular formula is C11H17NO. The van der Waals surface area contributed by atoms with E-state index in [-0.39, 0.29) is 11.8 Å². The van der Waals surface area contributed by atoms with Gasteiger partial charge in [-0.2, -0.15) is 0 Å². The van der Waals surface area contributed by atoms with Crippen molar-refractivity contribution in [3.8, 4) is 5.75 Å². The van der Waals surface area contributed by atoms with Gasteiger partial charge in [0.1, 0.15) is 5.75 Å². The van der Waals surface area contributed by atoms with Crippen LogP contribution in [0.15, 0.2) is 24.3 Å². The van der Waals surface area contributed by atoms with E-state index < -0.39 is 0 Å². The molecule has 2 heteroatoms. The molecular weight excluding hydrogens is 162 g/mol. The summed E-state index contributed by atoms with van der Waals surface area (Å²) in [4.78, 5) is 0. The maximum atomic E-state index is 9.26. The maximum Gasteiger partial charge on any atom is 0.115 e. The van der Waals surface area contributed by atoms with E-state index in [2.05, 4.69) is 13.8 Å². The summed E-state index contributed by atoms with van der Waals surface area (Å²) in [6.07, 6.45) is 1.05. The van der Waals surface area contributed by atoms with E-state index in [9.17, 15) is 5.11 Å². The number of phenols is 1. The number of benzene rings is 1. The van der Waals surface area contributed by atoms with Gasteiger partial charge in [-0.3, -0.25) is 0 Å². The Hall–Kier alpha value is -1.02. The summed E-state index contributed by atoms with van der Waals surface area (Å²) in [6, 6.07) is 7.20. The molecule has 0 aliphatic rings. The van der Waals surface area contributed by atoms with E-state index in [0.29, 0.717) is 5.92 Å². The van der Waals surface area contributed by atoms with Gasteiger partial charge in [0.2, 0.25) is 0 Å². The molecule has 3 N–H and O–H groups in total. The number of hydrogen-bond acceptors (Lipinski definition) is 2. The minimum absolute atomic E-state index is 0.0251. The van der Waals surface area contributed by atoms with Crippen molar-refractivity contribution in [2.75, 3.05) is 0 Å². The summed E-state index contributed by atoms with van der Waals surface area (Å²) >= 11 is 0. The molecule has 72 valence electrons. The van der Waals surface area contributed by atoms with Crippen molar-refractivity contribution in [2.45, 2.75) is 26.3 Å². The first-order valence-corrected chi connectivity index (χ1v) is 4.69. The molecule has 13 heavy (non-hydrogen) atoms. The van der Waals surface area contributed by atoms with Crippen molar-refractivity contribution in [2.24, 2.45) is 11.7 Å². The molecule has 1 aromatic rings. The molecule has 0 radical (unpaired) electrons. The molecule has 1 rings (SSSR count). The highest BCUT2D eigenvalue weighted by molar-refractivity contribution is 5.29. The van der Waals surface area contributed by atoms with Gasteiger partial charge in [-0.15, -0.1) is 0 Å². The first-order valence-electron chi connectivity index (χ1n) is 4.69. The van der Waals surface area contributed by atoms with Crippen LogP contribution in [0.3, 0.4) is 0 Å². The molecule has 0 aliphatic carbocycles. The summed E-state index contributed by atoms with van der Waals surface area (Å²) in [7, 11) is 0. The number of phenolic OH excluding ortho intramolecular Hbond substituents is 1. The second-order valence-electron chi connectivity index (χ2n) is 3.51. The second-order valence-corrected chi connectivity index (χ2v) is 3.51. The van der Waals surface area contributed by atoms with E-state index in [1.54, 1.807) is 12.1 Å². The zero-order chi connectivity index (χ0) is 9.84. The molecule has 0 aliphatic heterocycles. The number of aromatic hydroxyl groups is 1. The molecule has 0 aromatic heterocycles. The molecule has 0 fully saturated rings. The summed E-state index contributed by atoms with van der Waals surface area (Å²) in [6.45, 7) is 4.24. The second kappa shape index (κ2) is 4.28. The van der Waals surface area contributed by atoms with Crippen LogP contribution in [0.1, 0.15) is 31.9 Å². The lowest BCUT2D eigenvalue weighted by atomic mass is 9.93. The Bertz CT molecular complexity index is 273. The van der Waals surface area contributed by atoms with Crippen molar-refractivity contribution in [1.82, 2.24) is 0 Å². The van der Waals surface area contributed by atoms with Crippen LogP contribution in [0.25, 0.3) is 0 Å². The van der Waals surface area contributed by atoms with E-state index >= 15 is 0 Å². The van der Waals surface area contributed by atoms with Crippen molar-refractivity contribution in [3.63, 3.8) is 0 Å². The molecule has 0 saturated heterocycles. The van der Waals surface area contributed by atoms with E-state index in [1.807, 2.05) is 12.1 Å². The Balaban J connectivity index is 2.82. The highest BCUT2D eigenvalue weighted by Crippen LogP contribution is 2.23. The third kappa shape index (κ3) is 2.46. The van der Waals surface area contributed by atoms with Gasteiger partial charge in [-0.25, -0.2) is 0 Å². The molecule has 2 nitrogen and oxygen atoms in total. The molecule has 0 saturated carbocycles. The predicted octanol–water partition coefficient (Wildman–Crippen LogP) is 2.44. The van der Waals surface area contributed by atoms with Gasteiger partial charge >= 0.3 is 0 Å². The quantitative estimate of drug-likeness (QED) is 0.748. The third-order valence-corrected chi connectivity index (χ3v) is 2.51. The molecule has 1 aromatic carbocycles. The Morgan fingerprint density at radius 2 is 2.15 bits per heavy atom. The molecule has 0 spiro atoms. The fraction of sp³-hybridized carbons (Fsp3) is 0.455. The maximum absolute atomic E-state index is 9.26. The van der Waals surface area contributed by atoms with Crippen LogP contribution >= 0.6 is 0 Å². The highest BCUT2D eigenvalue weighted by Gasteiger charge is 2.12. The van der Waals surface area contributed by atoms with Crippen LogP contribution in [0.5, 0.6) is 5.75 Å². The Morgan fingerprint density at radius 3 is 2.69 bits per heavy atom. The Morgan fingerprint density at radius 1 is 1.46 bits per heavy atom. The predicted molar refractivity (Wildman–Crippen MR) is 54.5 cm³/mol. The van der Waals surface area contributed by atoms with Gasteiger partial charge in [-0.05, 0) is 23.6 Å². The fourth-order valence-electron chi connectivity index (χ4n) is 1.31. The summed E-state index contributed by atoms with van der Waals surface area (Å²) in [5, 5.41) is 9.26. The smallest absolute Gasteiger partial charge is 0.115 e. The lowest BCUT2D eigenvalue weighted by Crippen LogP contribution is -2.18. The fourth-order valence-corrected chi connectivity index (χ4v) is 1.31. The normalized spacial score (nSPS) is 15.3. The molecule has 1 unspecified atom stereocenters. The first-order chi connectivity index (χ1) is 6.15. The number of hydrogen-bond donors (Lipinski definition) is 2. The summed E-state index contributed by atoms with van der Waals surface area (Å²) in [5.74, 6) is 0.734. The first kappa shape index (κ1) is 10.1. The van der Waals surface area contributed by atoms with Crippen LogP contribution in [-0.2, 0) is 0 Å². The minimum atomic E-state index is 0.0251. The van der Waals surface area contributed by atoms with Gasteiger partial charge in [0.25, 0.3) is 0 Å². The van der Waals surface area contributed by atoms with Crippen LogP contribution in [0.4, 0.5) is 0 Å². The molecule has 0 bridgehead atoms. The van der Waals surface area contributed by atoms with Gasteiger partial charge in [0.15, 0.2) is 0 Å². The largest absolute Gasteiger partial charge is 0.508 e. The number of nitrogens with two attached hydrogens (primary N) is 1. The van der Waals surface area contributed by atoms with E-state index in [1.165, 1.54) is 0 Å². The standard InChI is InChI=1S/C11H17NO/c1-3-8(2)11(12)9-5-4-6-10(13)7-9/h4-8,11,13H,3,12H2,1-2H3/t8?,11-/m0/s1. The molecule has 2 atom stereocenters. The van der Waals surface area contributed by atoms with Crippen LogP contribution in [-0.4, -0.2) is 5.11 Å². The topological polar surface area (TPSA) is 46.2 Å². The highest BCUT2D eigenvalue weighted by atomic mass is 16.3. The van der Waals surface area contributed by atoms with Crippen molar-refractivity contribution < 1.29 is 5.11 Å². The lowest BCUT2D eigenvalue weighted by molar-refractivity contribution is 0.448. The number of rotatable bonds is 3. The Kier molecular flexibility index (Phi) is 3.32. The van der Waals surface area contributed by atoms with Gasteiger partial charge in [-0.1, -0.05) is 32.4 Å². The van der Waals surface area contributed by atoms with E-state index in [4.69, 9.17) is 5.73 Å². The van der Waals surface area contributed by atoms with Crippen molar-refractivity contribution >= 4 is 0 Å². The molecule has 0 amide bonds. The van der Waals surface area contributed by atoms with Crippen LogP contribution < -0.4 is 5.73 Å². The van der Waals surface area contributed by atoms with Gasteiger partial charge in [0, 0.05) is 6.04 Å². The SMILES string of the molecule is CCC(C)[C@H](N)c1cccc(O)c1. The zero-order valence-corrected chi connectivity index (χ0v) is 8.20. The average Bonchev–Trinajstić information content (AvgIpc) is 2.15. The summed E-state index contributed by atoms with van der Waals surface area (Å²) in [5.41, 5.74) is 7.02. The lowest BCUT2D eigenvalue weighted by Gasteiger charge is -2.18. The monoisotopic (exact) mass is 179 g/mol. The van der Waals surface area contributed by atoms with E-state index in [0.717, 1.165) is 12.0 Å². The Labute approximate surface area is 79.4 Å². The van der Waals surface area contributed by atoms with Crippen molar-refractivity contribution in [3.05, 3.63) is 29.8 Å². The van der Waals surface area contributed by atoms with Crippen LogP contribution in [0, 0.1) is 5.92 Å². The minimum Gasteiger partial charge on any atom is -0.508 e. The zero-order valence-electron chi connectivity index (χ0n) is 8.20. The van der Waals surface area contributed by atoms with Crippen molar-refractivity contribution in [1.29, 1.82) is 0 Å². The summed E-state index contributed by atoms with van der Waals surface area (Å²) < 4.78 is 0. The average molecular weight is 179 g/mol. The van der Waals surface area contributed by atoms with Gasteiger partial charge in [0.05, 0.1) is 0 Å².